The Bertz CT molecular complexity index is 539. The van der Waals surface area contributed by atoms with Gasteiger partial charge in [0.1, 0.15) is 11.3 Å². The molecule has 0 aliphatic rings. The molecular weight excluding hydrogens is 194 g/mol. The molecule has 0 atom stereocenters. The van der Waals surface area contributed by atoms with Gasteiger partial charge in [-0.25, -0.2) is 9.78 Å². The Morgan fingerprint density at radius 1 is 1.53 bits per heavy atom. The lowest BCUT2D eigenvalue weighted by atomic mass is 10.4. The molecule has 0 aromatic carbocycles. The van der Waals surface area contributed by atoms with Crippen molar-refractivity contribution in [2.24, 2.45) is 7.05 Å². The minimum absolute atomic E-state index is 0.0700. The van der Waals surface area contributed by atoms with Crippen molar-refractivity contribution < 1.29 is 4.74 Å². The van der Waals surface area contributed by atoms with Crippen LogP contribution in [0.1, 0.15) is 13.8 Å². The molecule has 2 aromatic heterocycles. The summed E-state index contributed by atoms with van der Waals surface area (Å²) in [4.78, 5) is 18.1. The topological polar surface area (TPSA) is 59.9 Å². The highest BCUT2D eigenvalue weighted by molar-refractivity contribution is 5.78. The number of rotatable bonds is 2. The number of hydrogen-bond acceptors (Lipinski definition) is 3. The molecule has 5 nitrogen and oxygen atoms in total. The lowest BCUT2D eigenvalue weighted by Crippen LogP contribution is -2.13. The number of hydrogen-bond donors (Lipinski definition) is 1. The highest BCUT2D eigenvalue weighted by Gasteiger charge is 2.10. The first kappa shape index (κ1) is 9.76. The molecule has 15 heavy (non-hydrogen) atoms. The van der Waals surface area contributed by atoms with Gasteiger partial charge in [0.05, 0.1) is 6.10 Å². The summed E-state index contributed by atoms with van der Waals surface area (Å²) in [6.07, 6.45) is 1.69. The summed E-state index contributed by atoms with van der Waals surface area (Å²) in [5.41, 5.74) is 1.08. The summed E-state index contributed by atoms with van der Waals surface area (Å²) in [7, 11) is 1.69. The van der Waals surface area contributed by atoms with Gasteiger partial charge in [-0.1, -0.05) is 0 Å². The van der Waals surface area contributed by atoms with Crippen molar-refractivity contribution in [2.45, 2.75) is 20.0 Å². The van der Waals surface area contributed by atoms with Gasteiger partial charge < -0.3 is 4.74 Å². The highest BCUT2D eigenvalue weighted by Crippen LogP contribution is 2.21. The van der Waals surface area contributed by atoms with E-state index in [0.717, 1.165) is 0 Å². The van der Waals surface area contributed by atoms with E-state index in [1.807, 2.05) is 13.8 Å². The molecule has 5 heteroatoms. The molecule has 0 radical (unpaired) electrons. The average Bonchev–Trinajstić information content (AvgIpc) is 2.43. The zero-order chi connectivity index (χ0) is 11.0. The third kappa shape index (κ3) is 1.60. The summed E-state index contributed by atoms with van der Waals surface area (Å²) in [5.74, 6) is 0.677. The van der Waals surface area contributed by atoms with Crippen molar-refractivity contribution >= 4 is 11.2 Å². The van der Waals surface area contributed by atoms with Crippen LogP contribution in [0.2, 0.25) is 0 Å². The van der Waals surface area contributed by atoms with E-state index >= 15 is 0 Å². The minimum Gasteiger partial charge on any atom is -0.489 e. The van der Waals surface area contributed by atoms with Crippen molar-refractivity contribution in [3.63, 3.8) is 0 Å². The van der Waals surface area contributed by atoms with Crippen molar-refractivity contribution in [1.29, 1.82) is 0 Å². The second kappa shape index (κ2) is 3.42. The van der Waals surface area contributed by atoms with Gasteiger partial charge in [0.25, 0.3) is 0 Å². The van der Waals surface area contributed by atoms with E-state index in [0.29, 0.717) is 16.9 Å². The Balaban J connectivity index is 2.69. The maximum Gasteiger partial charge on any atom is 0.327 e. The molecule has 0 amide bonds. The van der Waals surface area contributed by atoms with Gasteiger partial charge >= 0.3 is 5.69 Å². The van der Waals surface area contributed by atoms with Crippen LogP contribution in [0, 0.1) is 0 Å². The molecule has 1 N–H and O–H groups in total. The third-order valence-electron chi connectivity index (χ3n) is 2.12. The Hall–Kier alpha value is -1.78. The molecule has 2 rings (SSSR count). The van der Waals surface area contributed by atoms with E-state index in [2.05, 4.69) is 9.97 Å². The van der Waals surface area contributed by atoms with E-state index < -0.39 is 0 Å². The number of fused-ring (bicyclic) bond motifs is 1. The lowest BCUT2D eigenvalue weighted by Gasteiger charge is -2.10. The number of aromatic nitrogens is 3. The van der Waals surface area contributed by atoms with Crippen molar-refractivity contribution in [3.8, 4) is 5.75 Å². The average molecular weight is 207 g/mol. The van der Waals surface area contributed by atoms with Gasteiger partial charge in [-0.3, -0.25) is 9.55 Å². The molecule has 0 bridgehead atoms. The van der Waals surface area contributed by atoms with Gasteiger partial charge in [0.15, 0.2) is 5.65 Å². The molecule has 0 saturated heterocycles. The Morgan fingerprint density at radius 2 is 2.27 bits per heavy atom. The van der Waals surface area contributed by atoms with E-state index in [9.17, 15) is 4.79 Å². The summed E-state index contributed by atoms with van der Waals surface area (Å²) in [5, 5.41) is 0. The van der Waals surface area contributed by atoms with Crippen LogP contribution >= 0.6 is 0 Å². The van der Waals surface area contributed by atoms with Gasteiger partial charge in [-0.05, 0) is 13.8 Å². The predicted octanol–water partition coefficient (Wildman–Crippen LogP) is 1.05. The Kier molecular flexibility index (Phi) is 2.22. The first-order chi connectivity index (χ1) is 7.09. The van der Waals surface area contributed by atoms with Crippen LogP contribution < -0.4 is 10.4 Å². The second-order valence-electron chi connectivity index (χ2n) is 3.66. The molecule has 2 aromatic rings. The quantitative estimate of drug-likeness (QED) is 0.800. The number of H-pyrrole nitrogens is 1. The van der Waals surface area contributed by atoms with Crippen LogP contribution in [0.5, 0.6) is 5.75 Å². The number of aryl methyl sites for hydroxylation is 1. The van der Waals surface area contributed by atoms with E-state index in [1.165, 1.54) is 4.57 Å². The highest BCUT2D eigenvalue weighted by atomic mass is 16.5. The van der Waals surface area contributed by atoms with Crippen LogP contribution in [0.4, 0.5) is 0 Å². The maximum absolute atomic E-state index is 11.4. The lowest BCUT2D eigenvalue weighted by molar-refractivity contribution is 0.244. The Morgan fingerprint density at radius 3 is 2.93 bits per heavy atom. The van der Waals surface area contributed by atoms with Crippen LogP contribution in [0.3, 0.4) is 0 Å². The fourth-order valence-electron chi connectivity index (χ4n) is 1.49. The van der Waals surface area contributed by atoms with Crippen molar-refractivity contribution in [2.75, 3.05) is 0 Å². The largest absolute Gasteiger partial charge is 0.489 e. The summed E-state index contributed by atoms with van der Waals surface area (Å²) < 4.78 is 7.10. The van der Waals surface area contributed by atoms with E-state index in [4.69, 9.17) is 4.74 Å². The number of ether oxygens (including phenoxy) is 1. The maximum atomic E-state index is 11.4. The fourth-order valence-corrected chi connectivity index (χ4v) is 1.49. The smallest absolute Gasteiger partial charge is 0.327 e. The minimum atomic E-state index is -0.183. The molecule has 0 aliphatic carbocycles. The van der Waals surface area contributed by atoms with E-state index in [-0.39, 0.29) is 11.8 Å². The van der Waals surface area contributed by atoms with E-state index in [1.54, 1.807) is 19.3 Å². The first-order valence-electron chi connectivity index (χ1n) is 4.80. The van der Waals surface area contributed by atoms with Crippen LogP contribution in [-0.4, -0.2) is 20.6 Å². The number of nitrogens with one attached hydrogen (secondary N) is 1. The third-order valence-corrected chi connectivity index (χ3v) is 2.12. The van der Waals surface area contributed by atoms with Crippen LogP contribution in [0.15, 0.2) is 17.1 Å². The normalized spacial score (nSPS) is 11.2. The number of pyridine rings is 1. The first-order valence-corrected chi connectivity index (χ1v) is 4.80. The summed E-state index contributed by atoms with van der Waals surface area (Å²) in [6, 6.07) is 1.76. The van der Waals surface area contributed by atoms with Crippen LogP contribution in [-0.2, 0) is 7.05 Å². The van der Waals surface area contributed by atoms with Crippen molar-refractivity contribution in [3.05, 3.63) is 22.7 Å². The van der Waals surface area contributed by atoms with Crippen molar-refractivity contribution in [1.82, 2.24) is 14.5 Å². The zero-order valence-corrected chi connectivity index (χ0v) is 8.94. The number of imidazole rings is 1. The standard InChI is InChI=1S/C10H13N3O2/c1-6(2)15-7-4-5-11-9-8(7)13(3)10(14)12-9/h4-6H,1-3H3,(H,11,12,14). The molecule has 80 valence electrons. The van der Waals surface area contributed by atoms with Crippen LogP contribution in [0.25, 0.3) is 11.2 Å². The molecule has 0 saturated carbocycles. The predicted molar refractivity (Wildman–Crippen MR) is 57.1 cm³/mol. The SMILES string of the molecule is CC(C)Oc1ccnc2[nH]c(=O)n(C)c12. The van der Waals surface area contributed by atoms with Gasteiger partial charge in [0.2, 0.25) is 0 Å². The molecular formula is C10H13N3O2. The molecule has 0 fully saturated rings. The Labute approximate surface area is 86.7 Å². The fraction of sp³-hybridized carbons (Fsp3) is 0.400. The molecule has 0 unspecified atom stereocenters. The monoisotopic (exact) mass is 207 g/mol. The molecule has 0 spiro atoms. The summed E-state index contributed by atoms with van der Waals surface area (Å²) in [6.45, 7) is 3.88. The van der Waals surface area contributed by atoms with Gasteiger partial charge in [-0.2, -0.15) is 0 Å². The number of nitrogens with zero attached hydrogens (tertiary/aromatic N) is 2. The number of aromatic amines is 1. The van der Waals surface area contributed by atoms with Gasteiger partial charge in [-0.15, -0.1) is 0 Å². The molecule has 2 heterocycles. The summed E-state index contributed by atoms with van der Waals surface area (Å²) >= 11 is 0. The molecule has 0 aliphatic heterocycles. The zero-order valence-electron chi connectivity index (χ0n) is 8.94. The second-order valence-corrected chi connectivity index (χ2v) is 3.66. The van der Waals surface area contributed by atoms with Gasteiger partial charge in [0, 0.05) is 19.3 Å².